The van der Waals surface area contributed by atoms with E-state index in [1.165, 1.54) is 10.8 Å². The van der Waals surface area contributed by atoms with Gasteiger partial charge in [0, 0.05) is 12.3 Å². The van der Waals surface area contributed by atoms with E-state index < -0.39 is 8.07 Å². The SMILES string of the molecule is C=C([C@H](C)C(=O)CCc1ccccc1)[Si](C)(C)C. The smallest absolute Gasteiger partial charge is 0.139 e. The molecule has 0 saturated heterocycles. The first kappa shape index (κ1) is 14.9. The summed E-state index contributed by atoms with van der Waals surface area (Å²) in [4.78, 5) is 12.2. The topological polar surface area (TPSA) is 17.1 Å². The number of rotatable bonds is 6. The predicted molar refractivity (Wildman–Crippen MR) is 81.4 cm³/mol. The molecule has 1 aromatic rings. The van der Waals surface area contributed by atoms with Gasteiger partial charge in [0.25, 0.3) is 0 Å². The van der Waals surface area contributed by atoms with Crippen LogP contribution >= 0.6 is 0 Å². The number of ketones is 1. The van der Waals surface area contributed by atoms with Crippen molar-refractivity contribution in [3.8, 4) is 0 Å². The fourth-order valence-electron chi connectivity index (χ4n) is 1.97. The Morgan fingerprint density at radius 2 is 1.78 bits per heavy atom. The number of benzene rings is 1. The van der Waals surface area contributed by atoms with Crippen LogP contribution in [0.3, 0.4) is 0 Å². The van der Waals surface area contributed by atoms with Crippen molar-refractivity contribution in [1.29, 1.82) is 0 Å². The van der Waals surface area contributed by atoms with Crippen LogP contribution in [0.1, 0.15) is 18.9 Å². The largest absolute Gasteiger partial charge is 0.299 e. The van der Waals surface area contributed by atoms with Crippen molar-refractivity contribution in [3.05, 3.63) is 47.7 Å². The van der Waals surface area contributed by atoms with Gasteiger partial charge >= 0.3 is 0 Å². The van der Waals surface area contributed by atoms with E-state index in [4.69, 9.17) is 0 Å². The van der Waals surface area contributed by atoms with E-state index in [1.807, 2.05) is 25.1 Å². The van der Waals surface area contributed by atoms with Gasteiger partial charge in [0.1, 0.15) is 5.78 Å². The molecule has 0 aliphatic heterocycles. The number of allylic oxidation sites excluding steroid dienone is 1. The summed E-state index contributed by atoms with van der Waals surface area (Å²) in [5.41, 5.74) is 1.23. The van der Waals surface area contributed by atoms with E-state index in [9.17, 15) is 4.79 Å². The Morgan fingerprint density at radius 1 is 1.22 bits per heavy atom. The Morgan fingerprint density at radius 3 is 2.28 bits per heavy atom. The number of hydrogen-bond acceptors (Lipinski definition) is 1. The molecule has 0 fully saturated rings. The van der Waals surface area contributed by atoms with Gasteiger partial charge in [-0.05, 0) is 12.0 Å². The standard InChI is InChI=1S/C16H24OSi/c1-13(14(2)18(3,4)5)16(17)12-11-15-9-7-6-8-10-15/h6-10,13H,2,11-12H2,1,3-5H3/t13-/m0/s1. The summed E-state index contributed by atoms with van der Waals surface area (Å²) in [6.07, 6.45) is 1.46. The minimum atomic E-state index is -1.41. The second-order valence-electron chi connectivity index (χ2n) is 5.95. The summed E-state index contributed by atoms with van der Waals surface area (Å²) in [5.74, 6) is 0.339. The molecule has 18 heavy (non-hydrogen) atoms. The summed E-state index contributed by atoms with van der Waals surface area (Å²) in [6.45, 7) is 12.9. The van der Waals surface area contributed by atoms with Crippen molar-refractivity contribution < 1.29 is 4.79 Å². The Bertz CT molecular complexity index is 414. The van der Waals surface area contributed by atoms with E-state index in [0.29, 0.717) is 12.2 Å². The van der Waals surface area contributed by atoms with E-state index >= 15 is 0 Å². The second-order valence-corrected chi connectivity index (χ2v) is 11.1. The van der Waals surface area contributed by atoms with Crippen LogP contribution in [0, 0.1) is 5.92 Å². The van der Waals surface area contributed by atoms with Crippen molar-refractivity contribution in [2.24, 2.45) is 5.92 Å². The fourth-order valence-corrected chi connectivity index (χ4v) is 3.43. The van der Waals surface area contributed by atoms with Crippen LogP contribution < -0.4 is 0 Å². The maximum absolute atomic E-state index is 12.2. The minimum absolute atomic E-state index is 0.0142. The van der Waals surface area contributed by atoms with Crippen molar-refractivity contribution in [2.45, 2.75) is 39.4 Å². The number of aryl methyl sites for hydroxylation is 1. The summed E-state index contributed by atoms with van der Waals surface area (Å²) >= 11 is 0. The number of carbonyl (C=O) groups is 1. The molecule has 0 aliphatic carbocycles. The molecule has 98 valence electrons. The summed E-state index contributed by atoms with van der Waals surface area (Å²) < 4.78 is 0. The van der Waals surface area contributed by atoms with Gasteiger partial charge in [-0.2, -0.15) is 0 Å². The van der Waals surface area contributed by atoms with Crippen LogP contribution in [0.15, 0.2) is 42.1 Å². The molecule has 1 rings (SSSR count). The zero-order valence-electron chi connectivity index (χ0n) is 12.0. The van der Waals surface area contributed by atoms with Crippen LogP contribution in [-0.4, -0.2) is 13.9 Å². The van der Waals surface area contributed by atoms with Crippen molar-refractivity contribution in [1.82, 2.24) is 0 Å². The third kappa shape index (κ3) is 4.26. The van der Waals surface area contributed by atoms with Gasteiger partial charge in [0.2, 0.25) is 0 Å². The molecule has 0 amide bonds. The third-order valence-corrected chi connectivity index (χ3v) is 5.83. The van der Waals surface area contributed by atoms with E-state index in [0.717, 1.165) is 6.42 Å². The molecule has 0 spiro atoms. The summed E-state index contributed by atoms with van der Waals surface area (Å²) in [5, 5.41) is 1.17. The molecule has 0 aliphatic rings. The summed E-state index contributed by atoms with van der Waals surface area (Å²) in [7, 11) is -1.41. The molecule has 0 unspecified atom stereocenters. The van der Waals surface area contributed by atoms with Gasteiger partial charge in [-0.15, -0.1) is 6.58 Å². The first-order valence-corrected chi connectivity index (χ1v) is 10.1. The molecule has 1 atom stereocenters. The Kier molecular flexibility index (Phi) is 5.09. The average Bonchev–Trinajstić information content (AvgIpc) is 2.34. The van der Waals surface area contributed by atoms with E-state index in [-0.39, 0.29) is 5.92 Å². The molecule has 0 radical (unpaired) electrons. The molecule has 0 saturated carbocycles. The first-order valence-electron chi connectivity index (χ1n) is 6.58. The molecule has 2 heteroatoms. The van der Waals surface area contributed by atoms with E-state index in [1.54, 1.807) is 0 Å². The quantitative estimate of drug-likeness (QED) is 0.699. The van der Waals surface area contributed by atoms with Gasteiger partial charge in [-0.1, -0.05) is 62.1 Å². The van der Waals surface area contributed by atoms with Gasteiger partial charge < -0.3 is 0 Å². The molecule has 0 bridgehead atoms. The Hall–Kier alpha value is -1.15. The zero-order valence-corrected chi connectivity index (χ0v) is 13.0. The predicted octanol–water partition coefficient (Wildman–Crippen LogP) is 4.26. The van der Waals surface area contributed by atoms with Gasteiger partial charge in [-0.3, -0.25) is 4.79 Å². The molecule has 0 N–H and O–H groups in total. The molecule has 1 aromatic carbocycles. The molecular formula is C16H24OSi. The van der Waals surface area contributed by atoms with Crippen LogP contribution in [-0.2, 0) is 11.2 Å². The van der Waals surface area contributed by atoms with E-state index in [2.05, 4.69) is 38.4 Å². The minimum Gasteiger partial charge on any atom is -0.299 e. The number of hydrogen-bond donors (Lipinski definition) is 0. The molecular weight excluding hydrogens is 236 g/mol. The highest BCUT2D eigenvalue weighted by Gasteiger charge is 2.26. The lowest BCUT2D eigenvalue weighted by Gasteiger charge is -2.24. The highest BCUT2D eigenvalue weighted by molar-refractivity contribution is 6.83. The summed E-state index contributed by atoms with van der Waals surface area (Å²) in [6, 6.07) is 10.2. The van der Waals surface area contributed by atoms with Crippen LogP contribution in [0.4, 0.5) is 0 Å². The Labute approximate surface area is 112 Å². The maximum Gasteiger partial charge on any atom is 0.139 e. The van der Waals surface area contributed by atoms with Gasteiger partial charge in [0.15, 0.2) is 0 Å². The fraction of sp³-hybridized carbons (Fsp3) is 0.438. The van der Waals surface area contributed by atoms with Gasteiger partial charge in [0.05, 0.1) is 8.07 Å². The second kappa shape index (κ2) is 6.14. The molecule has 0 aromatic heterocycles. The van der Waals surface area contributed by atoms with Crippen molar-refractivity contribution in [2.75, 3.05) is 0 Å². The highest BCUT2D eigenvalue weighted by Crippen LogP contribution is 2.23. The normalized spacial score (nSPS) is 13.1. The molecule has 0 heterocycles. The van der Waals surface area contributed by atoms with Gasteiger partial charge in [-0.25, -0.2) is 0 Å². The zero-order chi connectivity index (χ0) is 13.8. The average molecular weight is 260 g/mol. The monoisotopic (exact) mass is 260 g/mol. The van der Waals surface area contributed by atoms with Crippen molar-refractivity contribution >= 4 is 13.9 Å². The lowest BCUT2D eigenvalue weighted by atomic mass is 9.99. The third-order valence-electron chi connectivity index (χ3n) is 3.47. The lowest BCUT2D eigenvalue weighted by molar-refractivity contribution is -0.121. The van der Waals surface area contributed by atoms with Crippen LogP contribution in [0.25, 0.3) is 0 Å². The number of Topliss-reactive ketones (excluding diaryl/α,β-unsaturated/α-hetero) is 1. The van der Waals surface area contributed by atoms with Crippen molar-refractivity contribution in [3.63, 3.8) is 0 Å². The Balaban J connectivity index is 2.54. The lowest BCUT2D eigenvalue weighted by Crippen LogP contribution is -2.31. The first-order chi connectivity index (χ1) is 8.32. The van der Waals surface area contributed by atoms with Crippen LogP contribution in [0.2, 0.25) is 19.6 Å². The van der Waals surface area contributed by atoms with Crippen LogP contribution in [0.5, 0.6) is 0 Å². The highest BCUT2D eigenvalue weighted by atomic mass is 28.3. The number of carbonyl (C=O) groups excluding carboxylic acids is 1. The maximum atomic E-state index is 12.2. The molecule has 1 nitrogen and oxygen atoms in total.